The molecule has 6 heteroatoms. The van der Waals surface area contributed by atoms with E-state index in [4.69, 9.17) is 4.74 Å². The molecular formula is C16H29IN4O. The van der Waals surface area contributed by atoms with E-state index in [1.54, 1.807) is 13.2 Å². The Morgan fingerprint density at radius 2 is 2.09 bits per heavy atom. The molecule has 22 heavy (non-hydrogen) atoms. The number of halogens is 1. The summed E-state index contributed by atoms with van der Waals surface area (Å²) in [4.78, 5) is 8.54. The lowest BCUT2D eigenvalue weighted by Crippen LogP contribution is -2.43. The van der Waals surface area contributed by atoms with Crippen LogP contribution in [-0.2, 0) is 6.54 Å². The summed E-state index contributed by atoms with van der Waals surface area (Å²) in [6, 6.07) is 4.30. The number of pyridine rings is 1. The minimum absolute atomic E-state index is 0. The van der Waals surface area contributed by atoms with Crippen molar-refractivity contribution in [3.8, 4) is 5.88 Å². The highest BCUT2D eigenvalue weighted by Gasteiger charge is 2.10. The average Bonchev–Trinajstić information content (AvgIpc) is 2.49. The molecule has 0 amide bonds. The molecule has 1 unspecified atom stereocenters. The third-order valence-electron chi connectivity index (χ3n) is 3.33. The van der Waals surface area contributed by atoms with Gasteiger partial charge in [-0.05, 0) is 25.3 Å². The first-order chi connectivity index (χ1) is 10.1. The molecule has 1 atom stereocenters. The quantitative estimate of drug-likeness (QED) is 0.404. The first-order valence-electron chi connectivity index (χ1n) is 7.62. The van der Waals surface area contributed by atoms with Crippen LogP contribution in [0.2, 0.25) is 0 Å². The van der Waals surface area contributed by atoms with Crippen LogP contribution < -0.4 is 15.4 Å². The highest BCUT2D eigenvalue weighted by molar-refractivity contribution is 14.0. The van der Waals surface area contributed by atoms with Crippen LogP contribution in [0.3, 0.4) is 0 Å². The van der Waals surface area contributed by atoms with Crippen molar-refractivity contribution < 1.29 is 4.74 Å². The lowest BCUT2D eigenvalue weighted by atomic mass is 10.1. The molecule has 0 fully saturated rings. The molecule has 1 aromatic rings. The second-order valence-electron chi connectivity index (χ2n) is 5.42. The maximum absolute atomic E-state index is 5.66. The van der Waals surface area contributed by atoms with Crippen LogP contribution in [0.4, 0.5) is 0 Å². The van der Waals surface area contributed by atoms with E-state index in [0.29, 0.717) is 31.0 Å². The van der Waals surface area contributed by atoms with Crippen LogP contribution in [0.25, 0.3) is 0 Å². The van der Waals surface area contributed by atoms with Crippen LogP contribution in [0.5, 0.6) is 5.88 Å². The summed E-state index contributed by atoms with van der Waals surface area (Å²) in [6.45, 7) is 9.92. The number of aliphatic imine (C=N–C) groups is 1. The summed E-state index contributed by atoms with van der Waals surface area (Å²) in [5.41, 5.74) is 1.03. The van der Waals surface area contributed by atoms with Gasteiger partial charge in [-0.25, -0.2) is 4.98 Å². The lowest BCUT2D eigenvalue weighted by molar-refractivity contribution is 0.301. The SMILES string of the molecule is CCCOc1ncccc1CNC(=NC)NC(C)C(C)C.I. The summed E-state index contributed by atoms with van der Waals surface area (Å²) < 4.78 is 5.66. The molecule has 0 aliphatic heterocycles. The molecule has 0 aliphatic rings. The number of hydrogen-bond donors (Lipinski definition) is 2. The largest absolute Gasteiger partial charge is 0.477 e. The zero-order valence-electron chi connectivity index (χ0n) is 14.2. The van der Waals surface area contributed by atoms with Crippen LogP contribution >= 0.6 is 24.0 Å². The predicted molar refractivity (Wildman–Crippen MR) is 103 cm³/mol. The van der Waals surface area contributed by atoms with Crippen LogP contribution in [0, 0.1) is 5.92 Å². The standard InChI is InChI=1S/C16H28N4O.HI/c1-6-10-21-15-14(8-7-9-18-15)11-19-16(17-5)20-13(4)12(2)3;/h7-9,12-13H,6,10-11H2,1-5H3,(H2,17,19,20);1H. The van der Waals surface area contributed by atoms with Gasteiger partial charge in [-0.3, -0.25) is 4.99 Å². The zero-order chi connectivity index (χ0) is 15.7. The highest BCUT2D eigenvalue weighted by Crippen LogP contribution is 2.14. The van der Waals surface area contributed by atoms with E-state index < -0.39 is 0 Å². The van der Waals surface area contributed by atoms with Gasteiger partial charge in [-0.1, -0.05) is 26.8 Å². The molecule has 5 nitrogen and oxygen atoms in total. The average molecular weight is 420 g/mol. The predicted octanol–water partition coefficient (Wildman–Crippen LogP) is 3.20. The fraction of sp³-hybridized carbons (Fsp3) is 0.625. The van der Waals surface area contributed by atoms with Crippen molar-refractivity contribution in [2.75, 3.05) is 13.7 Å². The third-order valence-corrected chi connectivity index (χ3v) is 3.33. The van der Waals surface area contributed by atoms with E-state index in [1.165, 1.54) is 0 Å². The van der Waals surface area contributed by atoms with Crippen LogP contribution in [-0.4, -0.2) is 30.6 Å². The molecular weight excluding hydrogens is 391 g/mol. The van der Waals surface area contributed by atoms with Crippen molar-refractivity contribution in [1.82, 2.24) is 15.6 Å². The topological polar surface area (TPSA) is 58.5 Å². The Balaban J connectivity index is 0.00000441. The minimum atomic E-state index is 0. The Labute approximate surface area is 151 Å². The molecule has 1 heterocycles. The van der Waals surface area contributed by atoms with Gasteiger partial charge in [0.05, 0.1) is 6.61 Å². The van der Waals surface area contributed by atoms with Crippen molar-refractivity contribution >= 4 is 29.9 Å². The van der Waals surface area contributed by atoms with Crippen LogP contribution in [0.1, 0.15) is 39.7 Å². The zero-order valence-corrected chi connectivity index (χ0v) is 16.5. The molecule has 0 bridgehead atoms. The maximum atomic E-state index is 5.66. The van der Waals surface area contributed by atoms with E-state index in [9.17, 15) is 0 Å². The Morgan fingerprint density at radius 1 is 1.36 bits per heavy atom. The second kappa shape index (κ2) is 11.5. The van der Waals surface area contributed by atoms with Crippen molar-refractivity contribution in [3.63, 3.8) is 0 Å². The van der Waals surface area contributed by atoms with E-state index in [2.05, 4.69) is 48.3 Å². The number of nitrogens with zero attached hydrogens (tertiary/aromatic N) is 2. The van der Waals surface area contributed by atoms with Gasteiger partial charge in [-0.2, -0.15) is 0 Å². The molecule has 1 rings (SSSR count). The van der Waals surface area contributed by atoms with Crippen LogP contribution in [0.15, 0.2) is 23.3 Å². The minimum Gasteiger partial charge on any atom is -0.477 e. The van der Waals surface area contributed by atoms with Gasteiger partial charge >= 0.3 is 0 Å². The molecule has 0 aromatic carbocycles. The number of ether oxygens (including phenoxy) is 1. The molecule has 1 aromatic heterocycles. The third kappa shape index (κ3) is 7.29. The van der Waals surface area contributed by atoms with Gasteiger partial charge in [0.2, 0.25) is 5.88 Å². The van der Waals surface area contributed by atoms with E-state index in [1.807, 2.05) is 12.1 Å². The molecule has 2 N–H and O–H groups in total. The van der Waals surface area contributed by atoms with E-state index in [0.717, 1.165) is 17.9 Å². The van der Waals surface area contributed by atoms with Gasteiger partial charge in [-0.15, -0.1) is 24.0 Å². The van der Waals surface area contributed by atoms with Crippen molar-refractivity contribution in [2.24, 2.45) is 10.9 Å². The summed E-state index contributed by atoms with van der Waals surface area (Å²) in [5.74, 6) is 2.03. The molecule has 126 valence electrons. The summed E-state index contributed by atoms with van der Waals surface area (Å²) >= 11 is 0. The van der Waals surface area contributed by atoms with Crippen molar-refractivity contribution in [3.05, 3.63) is 23.9 Å². The smallest absolute Gasteiger partial charge is 0.218 e. The first kappa shape index (κ1) is 20.9. The monoisotopic (exact) mass is 420 g/mol. The van der Waals surface area contributed by atoms with E-state index in [-0.39, 0.29) is 24.0 Å². The fourth-order valence-electron chi connectivity index (χ4n) is 1.64. The molecule has 0 radical (unpaired) electrons. The Bertz CT molecular complexity index is 452. The number of aromatic nitrogens is 1. The number of rotatable bonds is 7. The number of guanidine groups is 1. The Kier molecular flexibility index (Phi) is 11.0. The highest BCUT2D eigenvalue weighted by atomic mass is 127. The van der Waals surface area contributed by atoms with Gasteiger partial charge in [0.25, 0.3) is 0 Å². The maximum Gasteiger partial charge on any atom is 0.218 e. The first-order valence-corrected chi connectivity index (χ1v) is 7.62. The lowest BCUT2D eigenvalue weighted by Gasteiger charge is -2.21. The van der Waals surface area contributed by atoms with Gasteiger partial charge in [0.1, 0.15) is 0 Å². The number of hydrogen-bond acceptors (Lipinski definition) is 3. The van der Waals surface area contributed by atoms with Gasteiger partial charge in [0.15, 0.2) is 5.96 Å². The molecule has 0 saturated heterocycles. The Hall–Kier alpha value is -1.05. The number of nitrogens with one attached hydrogen (secondary N) is 2. The summed E-state index contributed by atoms with van der Waals surface area (Å²) in [7, 11) is 1.78. The summed E-state index contributed by atoms with van der Waals surface area (Å²) in [5, 5.41) is 6.68. The molecule has 0 saturated carbocycles. The molecule has 0 aliphatic carbocycles. The Morgan fingerprint density at radius 3 is 2.68 bits per heavy atom. The van der Waals surface area contributed by atoms with Crippen molar-refractivity contribution in [2.45, 2.75) is 46.7 Å². The van der Waals surface area contributed by atoms with Crippen molar-refractivity contribution in [1.29, 1.82) is 0 Å². The van der Waals surface area contributed by atoms with Gasteiger partial charge < -0.3 is 15.4 Å². The second-order valence-corrected chi connectivity index (χ2v) is 5.42. The summed E-state index contributed by atoms with van der Waals surface area (Å²) in [6.07, 6.45) is 2.72. The van der Waals surface area contributed by atoms with Gasteiger partial charge in [0, 0.05) is 31.4 Å². The normalized spacial score (nSPS) is 12.5. The fourth-order valence-corrected chi connectivity index (χ4v) is 1.64. The van der Waals surface area contributed by atoms with E-state index >= 15 is 0 Å². The molecule has 0 spiro atoms.